The van der Waals surface area contributed by atoms with Gasteiger partial charge in [-0.1, -0.05) is 89.5 Å². The van der Waals surface area contributed by atoms with E-state index in [0.29, 0.717) is 0 Å². The summed E-state index contributed by atoms with van der Waals surface area (Å²) in [6.07, 6.45) is 22.4. The van der Waals surface area contributed by atoms with Crippen LogP contribution in [-0.2, 0) is 12.8 Å². The summed E-state index contributed by atoms with van der Waals surface area (Å²) in [4.78, 5) is 18.3. The Labute approximate surface area is 194 Å². The molecule has 0 radical (unpaired) electrons. The van der Waals surface area contributed by atoms with Crippen molar-refractivity contribution in [1.82, 2.24) is 19.9 Å². The first kappa shape index (κ1) is 24.0. The third-order valence-electron chi connectivity index (χ3n) is 5.97. The van der Waals surface area contributed by atoms with Crippen molar-refractivity contribution in [1.29, 1.82) is 0 Å². The smallest absolute Gasteiger partial charge is 0.128 e. The Hall–Kier alpha value is -2.62. The van der Waals surface area contributed by atoms with Crippen LogP contribution in [0.15, 0.2) is 49.1 Å². The fraction of sp³-hybridized carbons (Fsp3) is 0.500. The lowest BCUT2D eigenvalue weighted by atomic mass is 10.0. The van der Waals surface area contributed by atoms with Crippen LogP contribution in [0.5, 0.6) is 0 Å². The second-order valence-electron chi connectivity index (χ2n) is 8.68. The third kappa shape index (κ3) is 7.81. The van der Waals surface area contributed by atoms with Crippen molar-refractivity contribution >= 4 is 0 Å². The van der Waals surface area contributed by atoms with Gasteiger partial charge in [0.25, 0.3) is 0 Å². The maximum absolute atomic E-state index is 4.57. The lowest BCUT2D eigenvalue weighted by molar-refractivity contribution is 0.622. The Balaban J connectivity index is 1.51. The molecule has 0 aliphatic rings. The largest absolute Gasteiger partial charge is 0.241 e. The van der Waals surface area contributed by atoms with Crippen LogP contribution in [0.4, 0.5) is 0 Å². The standard InChI is InChI=1S/C28H38N4/c1-3-5-7-9-11-13-27-29-19-25(20-30-27)23-15-17-24(18-16-23)26-21-31-28(32-22-26)14-12-10-8-6-4-2/h15-22H,3-14H2,1-2H3. The molecule has 1 aromatic carbocycles. The van der Waals surface area contributed by atoms with Crippen molar-refractivity contribution < 1.29 is 0 Å². The normalized spacial score (nSPS) is 11.1. The van der Waals surface area contributed by atoms with Crippen LogP contribution in [0.3, 0.4) is 0 Å². The monoisotopic (exact) mass is 430 g/mol. The molecule has 170 valence electrons. The molecular weight excluding hydrogens is 392 g/mol. The molecule has 0 atom stereocenters. The zero-order chi connectivity index (χ0) is 22.4. The molecule has 3 aromatic rings. The molecule has 0 aliphatic carbocycles. The summed E-state index contributed by atoms with van der Waals surface area (Å²) in [5.74, 6) is 1.90. The molecule has 3 rings (SSSR count). The van der Waals surface area contributed by atoms with Crippen molar-refractivity contribution in [2.75, 3.05) is 0 Å². The quantitative estimate of drug-likeness (QED) is 0.247. The Morgan fingerprint density at radius 2 is 0.781 bits per heavy atom. The summed E-state index contributed by atoms with van der Waals surface area (Å²) in [5.41, 5.74) is 4.38. The van der Waals surface area contributed by atoms with Crippen molar-refractivity contribution in [3.05, 3.63) is 60.7 Å². The van der Waals surface area contributed by atoms with Crippen LogP contribution < -0.4 is 0 Å². The SMILES string of the molecule is CCCCCCCc1ncc(-c2ccc(-c3cnc(CCCCCCC)nc3)cc2)cn1. The van der Waals surface area contributed by atoms with Gasteiger partial charge in [-0.15, -0.1) is 0 Å². The van der Waals surface area contributed by atoms with Crippen molar-refractivity contribution in [2.24, 2.45) is 0 Å². The summed E-state index contributed by atoms with van der Waals surface area (Å²) >= 11 is 0. The van der Waals surface area contributed by atoms with E-state index >= 15 is 0 Å². The van der Waals surface area contributed by atoms with Gasteiger partial charge in [0.05, 0.1) is 0 Å². The lowest BCUT2D eigenvalue weighted by Crippen LogP contribution is -1.96. The molecule has 0 N–H and O–H groups in total. The minimum atomic E-state index is 0.949. The molecule has 0 saturated heterocycles. The van der Waals surface area contributed by atoms with Crippen molar-refractivity contribution in [3.63, 3.8) is 0 Å². The van der Waals surface area contributed by atoms with Crippen molar-refractivity contribution in [2.45, 2.75) is 90.9 Å². The van der Waals surface area contributed by atoms with E-state index in [4.69, 9.17) is 0 Å². The highest BCUT2D eigenvalue weighted by Crippen LogP contribution is 2.23. The van der Waals surface area contributed by atoms with Gasteiger partial charge in [0.2, 0.25) is 0 Å². The summed E-state index contributed by atoms with van der Waals surface area (Å²) < 4.78 is 0. The summed E-state index contributed by atoms with van der Waals surface area (Å²) in [6.45, 7) is 4.49. The molecule has 0 amide bonds. The molecule has 0 aliphatic heterocycles. The number of hydrogen-bond acceptors (Lipinski definition) is 4. The van der Waals surface area contributed by atoms with Gasteiger partial charge in [-0.3, -0.25) is 0 Å². The summed E-state index contributed by atoms with van der Waals surface area (Å²) in [7, 11) is 0. The van der Waals surface area contributed by atoms with Gasteiger partial charge in [-0.05, 0) is 24.0 Å². The number of rotatable bonds is 14. The molecule has 4 heteroatoms. The Kier molecular flexibility index (Phi) is 10.3. The van der Waals surface area contributed by atoms with Gasteiger partial charge in [-0.25, -0.2) is 19.9 Å². The van der Waals surface area contributed by atoms with E-state index in [9.17, 15) is 0 Å². The van der Waals surface area contributed by atoms with Crippen LogP contribution in [0.1, 0.15) is 89.7 Å². The van der Waals surface area contributed by atoms with Crippen LogP contribution in [0.2, 0.25) is 0 Å². The van der Waals surface area contributed by atoms with E-state index in [1.807, 2.05) is 24.8 Å². The summed E-state index contributed by atoms with van der Waals surface area (Å²) in [6, 6.07) is 8.50. The maximum Gasteiger partial charge on any atom is 0.128 e. The van der Waals surface area contributed by atoms with E-state index in [2.05, 4.69) is 58.0 Å². The van der Waals surface area contributed by atoms with Gasteiger partial charge in [0.15, 0.2) is 0 Å². The third-order valence-corrected chi connectivity index (χ3v) is 5.97. The highest BCUT2D eigenvalue weighted by atomic mass is 14.9. The first-order valence-electron chi connectivity index (χ1n) is 12.5. The zero-order valence-corrected chi connectivity index (χ0v) is 19.9. The van der Waals surface area contributed by atoms with E-state index < -0.39 is 0 Å². The second kappa shape index (κ2) is 13.7. The van der Waals surface area contributed by atoms with Gasteiger partial charge >= 0.3 is 0 Å². The van der Waals surface area contributed by atoms with E-state index in [1.54, 1.807) is 0 Å². The average molecular weight is 431 g/mol. The van der Waals surface area contributed by atoms with Gasteiger partial charge in [0.1, 0.15) is 11.6 Å². The number of aryl methyl sites for hydroxylation is 2. The zero-order valence-electron chi connectivity index (χ0n) is 19.9. The second-order valence-corrected chi connectivity index (χ2v) is 8.68. The summed E-state index contributed by atoms with van der Waals surface area (Å²) in [5, 5.41) is 0. The lowest BCUT2D eigenvalue weighted by Gasteiger charge is -2.06. The molecule has 0 bridgehead atoms. The Morgan fingerprint density at radius 3 is 1.12 bits per heavy atom. The van der Waals surface area contributed by atoms with E-state index in [0.717, 1.165) is 46.7 Å². The fourth-order valence-corrected chi connectivity index (χ4v) is 3.89. The minimum Gasteiger partial charge on any atom is -0.241 e. The molecule has 0 spiro atoms. The predicted octanol–water partition coefficient (Wildman–Crippen LogP) is 7.63. The van der Waals surface area contributed by atoms with E-state index in [1.165, 1.54) is 64.2 Å². The van der Waals surface area contributed by atoms with Crippen molar-refractivity contribution in [3.8, 4) is 22.3 Å². The number of unbranched alkanes of at least 4 members (excludes halogenated alkanes) is 8. The highest BCUT2D eigenvalue weighted by molar-refractivity contribution is 5.68. The van der Waals surface area contributed by atoms with Gasteiger partial charge in [-0.2, -0.15) is 0 Å². The Bertz CT molecular complexity index is 810. The van der Waals surface area contributed by atoms with Gasteiger partial charge in [0, 0.05) is 48.8 Å². The number of benzene rings is 1. The van der Waals surface area contributed by atoms with Crippen LogP contribution in [-0.4, -0.2) is 19.9 Å². The molecule has 0 saturated carbocycles. The molecule has 0 fully saturated rings. The highest BCUT2D eigenvalue weighted by Gasteiger charge is 2.04. The molecule has 2 aromatic heterocycles. The van der Waals surface area contributed by atoms with Crippen LogP contribution in [0, 0.1) is 0 Å². The van der Waals surface area contributed by atoms with Gasteiger partial charge < -0.3 is 0 Å². The number of aromatic nitrogens is 4. The molecule has 32 heavy (non-hydrogen) atoms. The number of hydrogen-bond donors (Lipinski definition) is 0. The van der Waals surface area contributed by atoms with Crippen LogP contribution >= 0.6 is 0 Å². The molecule has 0 unspecified atom stereocenters. The average Bonchev–Trinajstić information content (AvgIpc) is 2.85. The first-order chi connectivity index (χ1) is 15.8. The maximum atomic E-state index is 4.57. The number of nitrogens with zero attached hydrogens (tertiary/aromatic N) is 4. The fourth-order valence-electron chi connectivity index (χ4n) is 3.89. The van der Waals surface area contributed by atoms with Crippen LogP contribution in [0.25, 0.3) is 22.3 Å². The first-order valence-corrected chi connectivity index (χ1v) is 12.5. The topological polar surface area (TPSA) is 51.6 Å². The van der Waals surface area contributed by atoms with E-state index in [-0.39, 0.29) is 0 Å². The molecule has 4 nitrogen and oxygen atoms in total. The Morgan fingerprint density at radius 1 is 0.438 bits per heavy atom. The minimum absolute atomic E-state index is 0.949. The predicted molar refractivity (Wildman–Crippen MR) is 133 cm³/mol. The molecule has 2 heterocycles. The molecular formula is C28H38N4.